The minimum atomic E-state index is -0.597. The molecule has 3 aromatic heterocycles. The molecule has 2 atom stereocenters. The number of aliphatic hydroxyl groups excluding tert-OH is 1. The molecule has 1 saturated heterocycles. The largest absolute Gasteiger partial charge is 0.467 e. The highest BCUT2D eigenvalue weighted by Crippen LogP contribution is 2.27. The lowest BCUT2D eigenvalue weighted by Gasteiger charge is -2.25. The standard InChI is InChI=1S/C18H21N3O4/c22-14(15-6-3-11-24-15)12-13-4-2-8-20(13)9-10-21-17-16(25-18(21)23)5-1-7-19-17/h1,3,5-7,11,13-14,22H,2,4,8-10,12H2. The summed E-state index contributed by atoms with van der Waals surface area (Å²) in [4.78, 5) is 18.6. The molecule has 2 unspecified atom stereocenters. The zero-order valence-corrected chi connectivity index (χ0v) is 13.9. The van der Waals surface area contributed by atoms with Crippen LogP contribution in [0.15, 0.2) is 50.4 Å². The van der Waals surface area contributed by atoms with E-state index in [0.29, 0.717) is 30.0 Å². The molecule has 0 amide bonds. The number of fused-ring (bicyclic) bond motifs is 1. The molecule has 0 aliphatic carbocycles. The summed E-state index contributed by atoms with van der Waals surface area (Å²) < 4.78 is 12.1. The van der Waals surface area contributed by atoms with Gasteiger partial charge in [0.25, 0.3) is 0 Å². The number of hydrogen-bond donors (Lipinski definition) is 1. The van der Waals surface area contributed by atoms with Crippen molar-refractivity contribution in [3.05, 3.63) is 53.0 Å². The maximum absolute atomic E-state index is 12.0. The van der Waals surface area contributed by atoms with Gasteiger partial charge in [0.05, 0.1) is 6.26 Å². The van der Waals surface area contributed by atoms with E-state index in [9.17, 15) is 9.90 Å². The van der Waals surface area contributed by atoms with Crippen molar-refractivity contribution in [3.8, 4) is 0 Å². The fraction of sp³-hybridized carbons (Fsp3) is 0.444. The van der Waals surface area contributed by atoms with Crippen molar-refractivity contribution in [1.82, 2.24) is 14.5 Å². The van der Waals surface area contributed by atoms with E-state index in [4.69, 9.17) is 8.83 Å². The molecule has 132 valence electrons. The fourth-order valence-corrected chi connectivity index (χ4v) is 3.64. The third kappa shape index (κ3) is 3.25. The summed E-state index contributed by atoms with van der Waals surface area (Å²) in [7, 11) is 0. The Morgan fingerprint density at radius 3 is 3.08 bits per heavy atom. The Bertz CT molecular complexity index is 883. The topological polar surface area (TPSA) is 84.6 Å². The number of hydrogen-bond acceptors (Lipinski definition) is 6. The number of likely N-dealkylation sites (tertiary alicyclic amines) is 1. The van der Waals surface area contributed by atoms with Crippen LogP contribution in [0.3, 0.4) is 0 Å². The molecule has 0 saturated carbocycles. The van der Waals surface area contributed by atoms with Crippen LogP contribution in [0.4, 0.5) is 0 Å². The van der Waals surface area contributed by atoms with Crippen LogP contribution in [0.2, 0.25) is 0 Å². The van der Waals surface area contributed by atoms with Crippen molar-refractivity contribution in [1.29, 1.82) is 0 Å². The van der Waals surface area contributed by atoms with Gasteiger partial charge in [-0.25, -0.2) is 9.78 Å². The van der Waals surface area contributed by atoms with Gasteiger partial charge in [-0.05, 0) is 50.1 Å². The maximum Gasteiger partial charge on any atom is 0.421 e. The second-order valence-electron chi connectivity index (χ2n) is 6.44. The minimum Gasteiger partial charge on any atom is -0.467 e. The van der Waals surface area contributed by atoms with Crippen LogP contribution in [0.5, 0.6) is 0 Å². The van der Waals surface area contributed by atoms with E-state index in [0.717, 1.165) is 25.9 Å². The number of nitrogens with zero attached hydrogens (tertiary/aromatic N) is 3. The van der Waals surface area contributed by atoms with E-state index < -0.39 is 6.10 Å². The summed E-state index contributed by atoms with van der Waals surface area (Å²) in [6, 6.07) is 7.36. The zero-order valence-electron chi connectivity index (χ0n) is 13.9. The van der Waals surface area contributed by atoms with Gasteiger partial charge in [-0.1, -0.05) is 0 Å². The van der Waals surface area contributed by atoms with Crippen molar-refractivity contribution in [2.75, 3.05) is 13.1 Å². The molecule has 7 heteroatoms. The molecule has 4 heterocycles. The van der Waals surface area contributed by atoms with E-state index in [1.807, 2.05) is 0 Å². The number of aliphatic hydroxyl groups is 1. The Hall–Kier alpha value is -2.38. The van der Waals surface area contributed by atoms with E-state index in [-0.39, 0.29) is 11.8 Å². The summed E-state index contributed by atoms with van der Waals surface area (Å²) in [5.41, 5.74) is 1.09. The summed E-state index contributed by atoms with van der Waals surface area (Å²) >= 11 is 0. The molecule has 1 fully saturated rings. The summed E-state index contributed by atoms with van der Waals surface area (Å²) in [5, 5.41) is 10.3. The van der Waals surface area contributed by atoms with Gasteiger partial charge in [0.2, 0.25) is 0 Å². The average Bonchev–Trinajstić information content (AvgIpc) is 3.33. The highest BCUT2D eigenvalue weighted by atomic mass is 16.4. The predicted molar refractivity (Wildman–Crippen MR) is 91.1 cm³/mol. The molecule has 0 radical (unpaired) electrons. The van der Waals surface area contributed by atoms with E-state index in [1.165, 1.54) is 0 Å². The number of rotatable bonds is 6. The lowest BCUT2D eigenvalue weighted by Crippen LogP contribution is -2.34. The van der Waals surface area contributed by atoms with Gasteiger partial charge in [0, 0.05) is 25.3 Å². The molecule has 1 aliphatic heterocycles. The first-order chi connectivity index (χ1) is 12.2. The monoisotopic (exact) mass is 343 g/mol. The number of pyridine rings is 1. The van der Waals surface area contributed by atoms with Crippen molar-refractivity contribution in [2.24, 2.45) is 0 Å². The van der Waals surface area contributed by atoms with Gasteiger partial charge in [-0.2, -0.15) is 0 Å². The molecule has 7 nitrogen and oxygen atoms in total. The molecular formula is C18H21N3O4. The Kier molecular flexibility index (Phi) is 4.42. The van der Waals surface area contributed by atoms with Crippen molar-refractivity contribution < 1.29 is 13.9 Å². The Balaban J connectivity index is 1.43. The van der Waals surface area contributed by atoms with Gasteiger partial charge in [0.1, 0.15) is 11.9 Å². The average molecular weight is 343 g/mol. The third-order valence-electron chi connectivity index (χ3n) is 4.90. The molecule has 0 spiro atoms. The van der Waals surface area contributed by atoms with E-state index in [2.05, 4.69) is 9.88 Å². The van der Waals surface area contributed by atoms with Crippen molar-refractivity contribution in [3.63, 3.8) is 0 Å². The van der Waals surface area contributed by atoms with Gasteiger partial charge < -0.3 is 13.9 Å². The minimum absolute atomic E-state index is 0.280. The molecule has 25 heavy (non-hydrogen) atoms. The van der Waals surface area contributed by atoms with Crippen molar-refractivity contribution >= 4 is 11.2 Å². The van der Waals surface area contributed by atoms with Crippen LogP contribution in [-0.2, 0) is 6.54 Å². The molecule has 1 aliphatic rings. The Morgan fingerprint density at radius 2 is 2.24 bits per heavy atom. The molecule has 3 aromatic rings. The first kappa shape index (κ1) is 16.1. The highest BCUT2D eigenvalue weighted by molar-refractivity contribution is 5.67. The van der Waals surface area contributed by atoms with Gasteiger partial charge in [0.15, 0.2) is 11.2 Å². The third-order valence-corrected chi connectivity index (χ3v) is 4.90. The molecule has 0 bridgehead atoms. The number of oxazole rings is 1. The number of aromatic nitrogens is 2. The van der Waals surface area contributed by atoms with Crippen molar-refractivity contribution in [2.45, 2.75) is 38.0 Å². The van der Waals surface area contributed by atoms with Crippen LogP contribution in [0.1, 0.15) is 31.1 Å². The summed E-state index contributed by atoms with van der Waals surface area (Å²) in [6.07, 6.45) is 5.40. The molecule has 0 aromatic carbocycles. The highest BCUT2D eigenvalue weighted by Gasteiger charge is 2.28. The van der Waals surface area contributed by atoms with E-state index >= 15 is 0 Å². The maximum atomic E-state index is 12.0. The zero-order chi connectivity index (χ0) is 17.2. The van der Waals surface area contributed by atoms with Crippen LogP contribution in [0, 0.1) is 0 Å². The normalized spacial score (nSPS) is 19.6. The van der Waals surface area contributed by atoms with Gasteiger partial charge >= 0.3 is 5.76 Å². The molecular weight excluding hydrogens is 322 g/mol. The SMILES string of the molecule is O=c1oc2cccnc2n1CCN1CCCC1CC(O)c1ccco1. The predicted octanol–water partition coefficient (Wildman–Crippen LogP) is 2.17. The van der Waals surface area contributed by atoms with E-state index in [1.54, 1.807) is 41.3 Å². The van der Waals surface area contributed by atoms with Gasteiger partial charge in [-0.15, -0.1) is 0 Å². The Morgan fingerprint density at radius 1 is 1.32 bits per heavy atom. The quantitative estimate of drug-likeness (QED) is 0.738. The fourth-order valence-electron chi connectivity index (χ4n) is 3.64. The van der Waals surface area contributed by atoms with Crippen LogP contribution in [-0.4, -0.2) is 38.7 Å². The van der Waals surface area contributed by atoms with Crippen LogP contribution < -0.4 is 5.76 Å². The first-order valence-corrected chi connectivity index (χ1v) is 8.62. The smallest absolute Gasteiger partial charge is 0.421 e. The lowest BCUT2D eigenvalue weighted by molar-refractivity contribution is 0.100. The molecule has 4 rings (SSSR count). The first-order valence-electron chi connectivity index (χ1n) is 8.62. The lowest BCUT2D eigenvalue weighted by atomic mass is 10.1. The second-order valence-corrected chi connectivity index (χ2v) is 6.44. The second kappa shape index (κ2) is 6.85. The summed E-state index contributed by atoms with van der Waals surface area (Å²) in [6.45, 7) is 2.21. The van der Waals surface area contributed by atoms with Crippen LogP contribution >= 0.6 is 0 Å². The molecule has 1 N–H and O–H groups in total. The van der Waals surface area contributed by atoms with Gasteiger partial charge in [-0.3, -0.25) is 9.47 Å². The number of furan rings is 1. The Labute approximate surface area is 144 Å². The van der Waals surface area contributed by atoms with Crippen LogP contribution in [0.25, 0.3) is 11.2 Å². The summed E-state index contributed by atoms with van der Waals surface area (Å²) in [5.74, 6) is 0.230.